The molecule has 0 saturated heterocycles. The summed E-state index contributed by atoms with van der Waals surface area (Å²) >= 11 is 0. The van der Waals surface area contributed by atoms with Gasteiger partial charge in [0.15, 0.2) is 5.78 Å². The van der Waals surface area contributed by atoms with Crippen LogP contribution in [-0.2, 0) is 0 Å². The summed E-state index contributed by atoms with van der Waals surface area (Å²) in [6, 6.07) is 15.1. The van der Waals surface area contributed by atoms with Gasteiger partial charge in [-0.25, -0.2) is 4.79 Å². The van der Waals surface area contributed by atoms with Crippen LogP contribution in [0.5, 0.6) is 0 Å². The van der Waals surface area contributed by atoms with Crippen LogP contribution in [0.15, 0.2) is 64.0 Å². The quantitative estimate of drug-likeness (QED) is 0.674. The van der Waals surface area contributed by atoms with Gasteiger partial charge in [-0.3, -0.25) is 4.79 Å². The van der Waals surface area contributed by atoms with E-state index in [1.165, 1.54) is 6.26 Å². The average Bonchev–Trinajstić information content (AvgIpc) is 2.55. The smallest absolute Gasteiger partial charge is 0.343 e. The summed E-state index contributed by atoms with van der Waals surface area (Å²) in [4.78, 5) is 24.2. The molecule has 0 aliphatic rings. The first kappa shape index (κ1) is 12.8. The second kappa shape index (κ2) is 5.06. The number of hydrogen-bond acceptors (Lipinski definition) is 4. The molecule has 4 nitrogen and oxygen atoms in total. The van der Waals surface area contributed by atoms with Crippen molar-refractivity contribution in [1.82, 2.24) is 0 Å². The highest BCUT2D eigenvalue weighted by molar-refractivity contribution is 6.15. The minimum absolute atomic E-state index is 0.251. The molecule has 0 radical (unpaired) electrons. The van der Waals surface area contributed by atoms with Crippen molar-refractivity contribution in [2.45, 2.75) is 0 Å². The Kier molecular flexibility index (Phi) is 3.09. The van der Waals surface area contributed by atoms with Crippen molar-refractivity contribution in [3.8, 4) is 6.07 Å². The molecule has 0 N–H and O–H groups in total. The Hall–Kier alpha value is -3.19. The zero-order valence-electron chi connectivity index (χ0n) is 10.9. The fourth-order valence-corrected chi connectivity index (χ4v) is 2.16. The molecule has 1 heterocycles. The summed E-state index contributed by atoms with van der Waals surface area (Å²) in [7, 11) is 0. The Balaban J connectivity index is 2.16. The molecule has 3 rings (SSSR count). The van der Waals surface area contributed by atoms with Gasteiger partial charge in [-0.1, -0.05) is 18.2 Å². The maximum atomic E-state index is 12.5. The van der Waals surface area contributed by atoms with Crippen LogP contribution in [0.1, 0.15) is 21.5 Å². The monoisotopic (exact) mass is 275 g/mol. The van der Waals surface area contributed by atoms with E-state index in [1.807, 2.05) is 6.07 Å². The number of fused-ring (bicyclic) bond motifs is 1. The van der Waals surface area contributed by atoms with Crippen LogP contribution in [0.25, 0.3) is 10.8 Å². The molecule has 3 aromatic rings. The van der Waals surface area contributed by atoms with Crippen LogP contribution in [0, 0.1) is 11.3 Å². The molecule has 0 bridgehead atoms. The first-order chi connectivity index (χ1) is 10.2. The molecule has 4 heteroatoms. The molecule has 0 aliphatic heterocycles. The van der Waals surface area contributed by atoms with Gasteiger partial charge in [-0.05, 0) is 30.3 Å². The van der Waals surface area contributed by atoms with Gasteiger partial charge in [0.05, 0.1) is 22.6 Å². The fraction of sp³-hybridized carbons (Fsp3) is 0. The Bertz CT molecular complexity index is 931. The minimum atomic E-state index is -0.470. The molecule has 0 fully saturated rings. The number of nitrogens with zero attached hydrogens (tertiary/aromatic N) is 1. The number of rotatable bonds is 2. The van der Waals surface area contributed by atoms with Crippen LogP contribution in [0.4, 0.5) is 0 Å². The van der Waals surface area contributed by atoms with E-state index in [0.29, 0.717) is 27.5 Å². The van der Waals surface area contributed by atoms with Crippen LogP contribution in [0.2, 0.25) is 0 Å². The summed E-state index contributed by atoms with van der Waals surface area (Å²) in [6.45, 7) is 0. The van der Waals surface area contributed by atoms with Gasteiger partial charge in [-0.15, -0.1) is 0 Å². The number of hydrogen-bond donors (Lipinski definition) is 0. The van der Waals surface area contributed by atoms with E-state index in [-0.39, 0.29) is 5.78 Å². The maximum Gasteiger partial charge on any atom is 0.343 e. The average molecular weight is 275 g/mol. The fourth-order valence-electron chi connectivity index (χ4n) is 2.16. The molecule has 0 spiro atoms. The van der Waals surface area contributed by atoms with Crippen molar-refractivity contribution in [3.05, 3.63) is 81.9 Å². The first-order valence-corrected chi connectivity index (χ1v) is 6.26. The van der Waals surface area contributed by atoms with Crippen molar-refractivity contribution in [1.29, 1.82) is 5.26 Å². The van der Waals surface area contributed by atoms with E-state index in [2.05, 4.69) is 0 Å². The highest BCUT2D eigenvalue weighted by Gasteiger charge is 2.15. The Morgan fingerprint density at radius 3 is 2.33 bits per heavy atom. The van der Waals surface area contributed by atoms with Crippen molar-refractivity contribution in [2.24, 2.45) is 0 Å². The van der Waals surface area contributed by atoms with Crippen LogP contribution in [-0.4, -0.2) is 5.78 Å². The number of carbonyl (C=O) groups is 1. The predicted molar refractivity (Wildman–Crippen MR) is 77.1 cm³/mol. The number of nitriles is 1. The molecular formula is C17H9NO3. The van der Waals surface area contributed by atoms with Gasteiger partial charge in [0.1, 0.15) is 6.26 Å². The van der Waals surface area contributed by atoms with Gasteiger partial charge >= 0.3 is 5.63 Å². The van der Waals surface area contributed by atoms with Gasteiger partial charge in [0, 0.05) is 10.9 Å². The molecule has 1 aromatic heterocycles. The SMILES string of the molecule is N#Cc1ccc(C(=O)c2coc(=O)c3ccccc23)cc1. The second-order valence-corrected chi connectivity index (χ2v) is 4.50. The molecule has 21 heavy (non-hydrogen) atoms. The maximum absolute atomic E-state index is 12.5. The molecular weight excluding hydrogens is 266 g/mol. The highest BCUT2D eigenvalue weighted by atomic mass is 16.4. The summed E-state index contributed by atoms with van der Waals surface area (Å²) in [5.74, 6) is -0.251. The van der Waals surface area contributed by atoms with Gasteiger partial charge in [0.2, 0.25) is 0 Å². The van der Waals surface area contributed by atoms with E-state index < -0.39 is 5.63 Å². The molecule has 0 unspecified atom stereocenters. The molecule has 0 aliphatic carbocycles. The van der Waals surface area contributed by atoms with Crippen LogP contribution >= 0.6 is 0 Å². The molecule has 0 saturated carbocycles. The lowest BCUT2D eigenvalue weighted by atomic mass is 9.99. The molecule has 0 atom stereocenters. The number of carbonyl (C=O) groups excluding carboxylic acids is 1. The van der Waals surface area contributed by atoms with Crippen LogP contribution < -0.4 is 5.63 Å². The Labute approximate surface area is 119 Å². The summed E-state index contributed by atoms with van der Waals surface area (Å²) in [5.41, 5.74) is 0.779. The lowest BCUT2D eigenvalue weighted by Gasteiger charge is -2.04. The Morgan fingerprint density at radius 1 is 1.00 bits per heavy atom. The first-order valence-electron chi connectivity index (χ1n) is 6.26. The number of benzene rings is 2. The van der Waals surface area contributed by atoms with E-state index in [4.69, 9.17) is 9.68 Å². The Morgan fingerprint density at radius 2 is 1.67 bits per heavy atom. The standard InChI is InChI=1S/C17H9NO3/c18-9-11-5-7-12(8-6-11)16(19)15-10-21-17(20)14-4-2-1-3-13(14)15/h1-8,10H. The summed E-state index contributed by atoms with van der Waals surface area (Å²) in [5, 5.41) is 9.70. The van der Waals surface area contributed by atoms with Crippen LogP contribution in [0.3, 0.4) is 0 Å². The second-order valence-electron chi connectivity index (χ2n) is 4.50. The molecule has 0 amide bonds. The summed E-state index contributed by atoms with van der Waals surface area (Å²) < 4.78 is 4.93. The topological polar surface area (TPSA) is 71.1 Å². The third kappa shape index (κ3) is 2.21. The zero-order chi connectivity index (χ0) is 14.8. The van der Waals surface area contributed by atoms with E-state index in [1.54, 1.807) is 48.5 Å². The molecule has 2 aromatic carbocycles. The lowest BCUT2D eigenvalue weighted by Crippen LogP contribution is -2.07. The highest BCUT2D eigenvalue weighted by Crippen LogP contribution is 2.19. The molecule has 100 valence electrons. The minimum Gasteiger partial charge on any atom is -0.430 e. The van der Waals surface area contributed by atoms with Crippen molar-refractivity contribution < 1.29 is 9.21 Å². The predicted octanol–water partition coefficient (Wildman–Crippen LogP) is 2.90. The van der Waals surface area contributed by atoms with Crippen molar-refractivity contribution >= 4 is 16.6 Å². The van der Waals surface area contributed by atoms with E-state index >= 15 is 0 Å². The zero-order valence-corrected chi connectivity index (χ0v) is 10.9. The number of ketones is 1. The van der Waals surface area contributed by atoms with Crippen molar-refractivity contribution in [2.75, 3.05) is 0 Å². The third-order valence-corrected chi connectivity index (χ3v) is 3.24. The normalized spacial score (nSPS) is 10.2. The van der Waals surface area contributed by atoms with Gasteiger partial charge < -0.3 is 4.42 Å². The van der Waals surface area contributed by atoms with E-state index in [0.717, 1.165) is 0 Å². The largest absolute Gasteiger partial charge is 0.430 e. The van der Waals surface area contributed by atoms with E-state index in [9.17, 15) is 9.59 Å². The van der Waals surface area contributed by atoms with Gasteiger partial charge in [0.25, 0.3) is 0 Å². The third-order valence-electron chi connectivity index (χ3n) is 3.24. The van der Waals surface area contributed by atoms with Gasteiger partial charge in [-0.2, -0.15) is 5.26 Å². The van der Waals surface area contributed by atoms with Crippen molar-refractivity contribution in [3.63, 3.8) is 0 Å². The summed E-state index contributed by atoms with van der Waals surface area (Å²) in [6.07, 6.45) is 1.19. The lowest BCUT2D eigenvalue weighted by molar-refractivity contribution is 0.103.